The fourth-order valence-electron chi connectivity index (χ4n) is 3.08. The molecule has 3 heterocycles. The summed E-state index contributed by atoms with van der Waals surface area (Å²) in [5.74, 6) is 1.50. The highest BCUT2D eigenvalue weighted by molar-refractivity contribution is 5.84. The van der Waals surface area contributed by atoms with Crippen LogP contribution in [-0.2, 0) is 6.54 Å². The maximum absolute atomic E-state index is 6.20. The van der Waals surface area contributed by atoms with Crippen LogP contribution in [0.4, 0.5) is 11.8 Å². The monoisotopic (exact) mass is 362 g/mol. The molecule has 3 aromatic heterocycles. The maximum atomic E-state index is 6.20. The number of anilines is 2. The molecule has 0 unspecified atom stereocenters. The number of nitrogen functional groups attached to an aromatic ring is 1. The largest absolute Gasteiger partial charge is 0.382 e. The second kappa shape index (κ2) is 6.71. The van der Waals surface area contributed by atoms with Gasteiger partial charge in [0.15, 0.2) is 17.0 Å². The summed E-state index contributed by atoms with van der Waals surface area (Å²) in [5.41, 5.74) is 9.67. The Bertz CT molecular complexity index is 1080. The molecular formula is C19H22N8. The van der Waals surface area contributed by atoms with Gasteiger partial charge >= 0.3 is 0 Å². The van der Waals surface area contributed by atoms with E-state index < -0.39 is 0 Å². The van der Waals surface area contributed by atoms with Gasteiger partial charge in [0.2, 0.25) is 11.9 Å². The third-order valence-corrected chi connectivity index (χ3v) is 4.48. The lowest BCUT2D eigenvalue weighted by molar-refractivity contribution is 0.696. The molecule has 0 saturated heterocycles. The van der Waals surface area contributed by atoms with Crippen molar-refractivity contribution in [2.24, 2.45) is 0 Å². The second-order valence-corrected chi connectivity index (χ2v) is 6.50. The van der Waals surface area contributed by atoms with E-state index in [1.165, 1.54) is 0 Å². The fraction of sp³-hybridized carbons (Fsp3) is 0.263. The summed E-state index contributed by atoms with van der Waals surface area (Å²) < 4.78 is 3.72. The van der Waals surface area contributed by atoms with E-state index in [0.717, 1.165) is 11.1 Å². The van der Waals surface area contributed by atoms with Crippen LogP contribution in [0.25, 0.3) is 17.1 Å². The van der Waals surface area contributed by atoms with E-state index in [2.05, 4.69) is 44.4 Å². The molecule has 3 N–H and O–H groups in total. The highest BCUT2D eigenvalue weighted by Gasteiger charge is 2.18. The zero-order valence-corrected chi connectivity index (χ0v) is 15.6. The van der Waals surface area contributed by atoms with Crippen molar-refractivity contribution in [3.8, 4) is 5.95 Å². The van der Waals surface area contributed by atoms with Crippen LogP contribution in [0.1, 0.15) is 31.0 Å². The van der Waals surface area contributed by atoms with Gasteiger partial charge in [-0.25, -0.2) is 9.67 Å². The Morgan fingerprint density at radius 2 is 1.93 bits per heavy atom. The molecule has 0 aliphatic rings. The molecule has 0 fully saturated rings. The van der Waals surface area contributed by atoms with Crippen molar-refractivity contribution < 1.29 is 0 Å². The Morgan fingerprint density at radius 3 is 2.59 bits per heavy atom. The first-order valence-electron chi connectivity index (χ1n) is 8.93. The van der Waals surface area contributed by atoms with E-state index >= 15 is 0 Å². The molecule has 1 aromatic carbocycles. The molecule has 0 bridgehead atoms. The summed E-state index contributed by atoms with van der Waals surface area (Å²) in [6, 6.07) is 10.2. The number of aromatic nitrogens is 6. The normalized spacial score (nSPS) is 12.4. The average molecular weight is 362 g/mol. The average Bonchev–Trinajstić information content (AvgIpc) is 3.26. The molecule has 27 heavy (non-hydrogen) atoms. The highest BCUT2D eigenvalue weighted by Crippen LogP contribution is 2.24. The number of hydrogen-bond donors (Lipinski definition) is 2. The predicted octanol–water partition coefficient (Wildman–Crippen LogP) is 3.10. The number of hydrogen-bond acceptors (Lipinski definition) is 6. The first kappa shape index (κ1) is 17.0. The van der Waals surface area contributed by atoms with Gasteiger partial charge in [0, 0.05) is 12.7 Å². The molecule has 0 aliphatic carbocycles. The van der Waals surface area contributed by atoms with E-state index in [1.54, 1.807) is 10.9 Å². The molecule has 0 spiro atoms. The number of benzene rings is 1. The van der Waals surface area contributed by atoms with Gasteiger partial charge in [-0.2, -0.15) is 15.1 Å². The van der Waals surface area contributed by atoms with Gasteiger partial charge in [-0.05, 0) is 31.9 Å². The van der Waals surface area contributed by atoms with Crippen molar-refractivity contribution in [3.05, 3.63) is 53.9 Å². The Labute approximate surface area is 157 Å². The molecule has 4 aromatic rings. The van der Waals surface area contributed by atoms with Gasteiger partial charge in [0.25, 0.3) is 0 Å². The molecular weight excluding hydrogens is 340 g/mol. The van der Waals surface area contributed by atoms with Gasteiger partial charge in [0.1, 0.15) is 0 Å². The molecule has 0 radical (unpaired) electrons. The smallest absolute Gasteiger partial charge is 0.233 e. The van der Waals surface area contributed by atoms with Crippen LogP contribution in [-0.4, -0.2) is 29.3 Å². The van der Waals surface area contributed by atoms with Crippen molar-refractivity contribution in [1.82, 2.24) is 29.3 Å². The predicted molar refractivity (Wildman–Crippen MR) is 106 cm³/mol. The van der Waals surface area contributed by atoms with Gasteiger partial charge in [-0.15, -0.1) is 0 Å². The summed E-state index contributed by atoms with van der Waals surface area (Å²) in [4.78, 5) is 13.7. The van der Waals surface area contributed by atoms with Crippen molar-refractivity contribution in [1.29, 1.82) is 0 Å². The third kappa shape index (κ3) is 3.10. The van der Waals surface area contributed by atoms with E-state index in [4.69, 9.17) is 5.73 Å². The van der Waals surface area contributed by atoms with Crippen LogP contribution in [0.15, 0.2) is 42.7 Å². The van der Waals surface area contributed by atoms with E-state index in [-0.39, 0.29) is 6.04 Å². The minimum atomic E-state index is 0.0503. The first-order valence-corrected chi connectivity index (χ1v) is 8.93. The Morgan fingerprint density at radius 1 is 1.15 bits per heavy atom. The summed E-state index contributed by atoms with van der Waals surface area (Å²) in [6.07, 6.45) is 3.72. The topological polar surface area (TPSA) is 99.5 Å². The van der Waals surface area contributed by atoms with Crippen molar-refractivity contribution >= 4 is 22.9 Å². The Kier molecular flexibility index (Phi) is 4.23. The molecule has 4 rings (SSSR count). The molecule has 0 saturated carbocycles. The SMILES string of the molecule is CCn1c(-n2cc(C)cn2)nc2c(N)nc(N[C@H](C)c3ccccc3)nc21. The van der Waals surface area contributed by atoms with Crippen LogP contribution < -0.4 is 11.1 Å². The minimum absolute atomic E-state index is 0.0503. The van der Waals surface area contributed by atoms with E-state index in [1.807, 2.05) is 42.8 Å². The van der Waals surface area contributed by atoms with Crippen molar-refractivity contribution in [3.63, 3.8) is 0 Å². The standard InChI is InChI=1S/C19H22N8/c1-4-26-17-15(23-19(26)27-11-12(2)10-21-27)16(20)24-18(25-17)22-13(3)14-8-6-5-7-9-14/h5-11,13H,4H2,1-3H3,(H3,20,22,24,25)/t13-/m1/s1. The summed E-state index contributed by atoms with van der Waals surface area (Å²) in [7, 11) is 0. The number of nitrogens with zero attached hydrogens (tertiary/aromatic N) is 6. The Balaban J connectivity index is 1.76. The molecule has 8 heteroatoms. The van der Waals surface area contributed by atoms with Crippen LogP contribution in [0.3, 0.4) is 0 Å². The lowest BCUT2D eigenvalue weighted by Crippen LogP contribution is -2.11. The van der Waals surface area contributed by atoms with Gasteiger partial charge in [-0.1, -0.05) is 30.3 Å². The van der Waals surface area contributed by atoms with E-state index in [0.29, 0.717) is 35.4 Å². The second-order valence-electron chi connectivity index (χ2n) is 6.50. The number of imidazole rings is 1. The molecule has 1 atom stereocenters. The first-order chi connectivity index (χ1) is 13.1. The fourth-order valence-corrected chi connectivity index (χ4v) is 3.08. The number of rotatable bonds is 5. The van der Waals surface area contributed by atoms with Gasteiger partial charge in [0.05, 0.1) is 12.2 Å². The maximum Gasteiger partial charge on any atom is 0.233 e. The van der Waals surface area contributed by atoms with Gasteiger partial charge < -0.3 is 11.1 Å². The zero-order chi connectivity index (χ0) is 19.0. The van der Waals surface area contributed by atoms with Crippen LogP contribution >= 0.6 is 0 Å². The molecule has 0 amide bonds. The number of aryl methyl sites for hydroxylation is 2. The van der Waals surface area contributed by atoms with Gasteiger partial charge in [-0.3, -0.25) is 4.57 Å². The van der Waals surface area contributed by atoms with E-state index in [9.17, 15) is 0 Å². The molecule has 0 aliphatic heterocycles. The minimum Gasteiger partial charge on any atom is -0.382 e. The third-order valence-electron chi connectivity index (χ3n) is 4.48. The summed E-state index contributed by atoms with van der Waals surface area (Å²) in [5, 5.41) is 7.69. The number of nitrogens with one attached hydrogen (secondary N) is 1. The quantitative estimate of drug-likeness (QED) is 0.566. The summed E-state index contributed by atoms with van der Waals surface area (Å²) in [6.45, 7) is 6.78. The number of fused-ring (bicyclic) bond motifs is 1. The lowest BCUT2D eigenvalue weighted by atomic mass is 10.1. The lowest BCUT2D eigenvalue weighted by Gasteiger charge is -2.14. The van der Waals surface area contributed by atoms with Crippen LogP contribution in [0, 0.1) is 6.92 Å². The molecule has 138 valence electrons. The number of nitrogens with two attached hydrogens (primary N) is 1. The van der Waals surface area contributed by atoms with Crippen molar-refractivity contribution in [2.75, 3.05) is 11.1 Å². The zero-order valence-electron chi connectivity index (χ0n) is 15.6. The van der Waals surface area contributed by atoms with Crippen LogP contribution in [0.5, 0.6) is 0 Å². The van der Waals surface area contributed by atoms with Crippen LogP contribution in [0.2, 0.25) is 0 Å². The summed E-state index contributed by atoms with van der Waals surface area (Å²) >= 11 is 0. The molecule has 8 nitrogen and oxygen atoms in total. The highest BCUT2D eigenvalue weighted by atomic mass is 15.4. The van der Waals surface area contributed by atoms with Crippen molar-refractivity contribution in [2.45, 2.75) is 33.4 Å². The Hall–Kier alpha value is -3.42.